The molecule has 4 saturated heterocycles. The molecule has 0 bridgehead atoms. The van der Waals surface area contributed by atoms with Crippen LogP contribution in [0.2, 0.25) is 0 Å². The van der Waals surface area contributed by atoms with Gasteiger partial charge in [0, 0.05) is 159 Å². The SMILES string of the molecule is COc1cc(-c2ccc(=O)[nH]c2)ccc1-c1nnc(N(C)C2CC(C)(C)NC(C)(C)C2)s1.COc1cc(-c2ccc(=O)n(C)c2)ccc1-c1nnc(N(C)C2CC(C)(C)NC(C)(C)C2)s1.COc1cc(-c2ccn(C)c(=O)c2)ccc1-c1nnc(N(C)C2CC(C)(C)NC(C)(C)C2)s1.COc1cc(-c2cn[nH]c2)ccc1-c1nnc(N(C)C2CC(C)(C)NC(C)(C)C2)s1. The van der Waals surface area contributed by atoms with Crippen molar-refractivity contribution in [3.05, 3.63) is 171 Å². The summed E-state index contributed by atoms with van der Waals surface area (Å²) >= 11 is 6.34. The monoisotopic (exact) mass is 1810 g/mol. The fraction of sp³-hybridized carbons (Fsp3) is 0.479. The fourth-order valence-corrected chi connectivity index (χ4v) is 23.0. The molecule has 4 fully saturated rings. The van der Waals surface area contributed by atoms with E-state index in [1.54, 1.807) is 134 Å². The van der Waals surface area contributed by atoms with Gasteiger partial charge in [-0.1, -0.05) is 69.6 Å². The molecule has 16 rings (SSSR count). The van der Waals surface area contributed by atoms with Crippen LogP contribution in [-0.4, -0.2) is 190 Å². The van der Waals surface area contributed by atoms with Gasteiger partial charge in [0.05, 0.1) is 56.9 Å². The Kier molecular flexibility index (Phi) is 28.1. The molecule has 128 heavy (non-hydrogen) atoms. The Labute approximate surface area is 768 Å². The average Bonchev–Trinajstić information content (AvgIpc) is 1.47. The standard InChI is InChI=1S/2C25H33N5O2S.C24H31N5O2S.C22H30N6OS/c1-24(2)13-18(14-25(3,4)28-24)30(6)23-27-26-22(33-23)19-10-8-16(12-20(19)32-7)17-9-11-21(31)29(5)15-17;1-24(2)14-18(15-25(3,4)28-24)30(6)23-27-26-22(33-23)19-9-8-16(12-20(19)32-7)17-10-11-29(5)21(31)13-17;1-23(2)12-17(13-24(3,4)28-23)29(5)22-27-26-21(32-22)18-9-7-15(11-19(18)31-6)16-8-10-20(30)25-14-16;1-21(2)10-16(11-22(3,4)27-21)28(5)20-26-25-19(30-20)17-8-7-14(9-18(17)29-6)15-12-23-24-13-15/h8-12,15,18,28H,13-14H2,1-7H3;8-13,18,28H,14-15H2,1-7H3;7-11,14,17,28H,12-13H2,1-6H3,(H,25,30);7-9,12-13,16,27H,10-11H2,1-6H3,(H,23,24). The zero-order chi connectivity index (χ0) is 92.5. The summed E-state index contributed by atoms with van der Waals surface area (Å²) in [6, 6.07) is 35.9. The van der Waals surface area contributed by atoms with Gasteiger partial charge in [-0.3, -0.25) is 19.5 Å². The highest BCUT2D eigenvalue weighted by molar-refractivity contribution is 7.19. The maximum atomic E-state index is 12.0. The molecule has 4 aromatic carbocycles. The molecule has 12 aromatic rings. The Morgan fingerprint density at radius 2 is 0.625 bits per heavy atom. The normalized spacial score (nSPS) is 17.9. The zero-order valence-corrected chi connectivity index (χ0v) is 82.2. The van der Waals surface area contributed by atoms with Gasteiger partial charge in [0.25, 0.3) is 5.56 Å². The van der Waals surface area contributed by atoms with Crippen LogP contribution in [0.4, 0.5) is 20.5 Å². The molecule has 8 aromatic heterocycles. The molecule has 28 nitrogen and oxygen atoms in total. The number of piperidine rings is 4. The Morgan fingerprint density at radius 1 is 0.336 bits per heavy atom. The smallest absolute Gasteiger partial charge is 0.250 e. The molecule has 4 aliphatic rings. The number of aryl methyl sites for hydroxylation is 2. The summed E-state index contributed by atoms with van der Waals surface area (Å²) < 4.78 is 25.9. The van der Waals surface area contributed by atoms with Gasteiger partial charge >= 0.3 is 0 Å². The minimum Gasteiger partial charge on any atom is -0.496 e. The highest BCUT2D eigenvalue weighted by Gasteiger charge is 2.44. The summed E-state index contributed by atoms with van der Waals surface area (Å²) in [5.41, 5.74) is 11.7. The number of rotatable bonds is 20. The molecule has 32 heteroatoms. The minimum absolute atomic E-state index is 0.0339. The molecule has 12 heterocycles. The lowest BCUT2D eigenvalue weighted by Crippen LogP contribution is -2.61. The molecule has 6 N–H and O–H groups in total. The van der Waals surface area contributed by atoms with E-state index in [9.17, 15) is 14.4 Å². The van der Waals surface area contributed by atoms with Crippen LogP contribution in [0.15, 0.2) is 155 Å². The maximum Gasteiger partial charge on any atom is 0.250 e. The molecule has 0 aliphatic carbocycles. The van der Waals surface area contributed by atoms with Crippen molar-refractivity contribution < 1.29 is 18.9 Å². The van der Waals surface area contributed by atoms with Crippen LogP contribution in [0.1, 0.15) is 162 Å². The second kappa shape index (κ2) is 37.9. The third kappa shape index (κ3) is 23.0. The first kappa shape index (κ1) is 95.0. The lowest BCUT2D eigenvalue weighted by molar-refractivity contribution is 0.160. The summed E-state index contributed by atoms with van der Waals surface area (Å²) in [6.07, 6.45) is 17.3. The largest absolute Gasteiger partial charge is 0.496 e. The Hall–Kier alpha value is -10.6. The van der Waals surface area contributed by atoms with Crippen molar-refractivity contribution in [1.29, 1.82) is 0 Å². The van der Waals surface area contributed by atoms with E-state index in [0.29, 0.717) is 29.9 Å². The number of benzene rings is 4. The van der Waals surface area contributed by atoms with Gasteiger partial charge in [0.15, 0.2) is 20.0 Å². The number of hydrogen-bond acceptors (Lipinski definition) is 28. The van der Waals surface area contributed by atoms with E-state index in [1.165, 1.54) is 6.07 Å². The van der Waals surface area contributed by atoms with Gasteiger partial charge in [-0.2, -0.15) is 5.10 Å². The van der Waals surface area contributed by atoms with Crippen molar-refractivity contribution in [1.82, 2.24) is 86.4 Å². The first-order valence-electron chi connectivity index (χ1n) is 43.4. The molecule has 0 saturated carbocycles. The maximum absolute atomic E-state index is 12.0. The summed E-state index contributed by atoms with van der Waals surface area (Å²) in [5.74, 6) is 2.95. The molecular weight excluding hydrogens is 1690 g/mol. The van der Waals surface area contributed by atoms with Crippen LogP contribution in [0.3, 0.4) is 0 Å². The molecule has 0 atom stereocenters. The van der Waals surface area contributed by atoms with Crippen LogP contribution in [0, 0.1) is 0 Å². The summed E-state index contributed by atoms with van der Waals surface area (Å²) in [7, 11) is 18.6. The quantitative estimate of drug-likeness (QED) is 0.0413. The molecule has 4 aliphatic heterocycles. The fourth-order valence-electron chi connectivity index (χ4n) is 19.3. The molecule has 0 unspecified atom stereocenters. The number of ether oxygens (including phenoxy) is 4. The van der Waals surface area contributed by atoms with Crippen LogP contribution < -0.4 is 76.5 Å². The Bertz CT molecular complexity index is 5970. The third-order valence-electron chi connectivity index (χ3n) is 24.3. The first-order chi connectivity index (χ1) is 60.2. The Balaban J connectivity index is 0.000000146. The molecule has 682 valence electrons. The van der Waals surface area contributed by atoms with E-state index in [1.807, 2.05) is 91.3 Å². The van der Waals surface area contributed by atoms with Crippen LogP contribution in [0.5, 0.6) is 23.0 Å². The predicted octanol–water partition coefficient (Wildman–Crippen LogP) is 17.3. The summed E-state index contributed by atoms with van der Waals surface area (Å²) in [5, 5.41) is 64.9. The van der Waals surface area contributed by atoms with E-state index in [0.717, 1.165) is 176 Å². The predicted molar refractivity (Wildman–Crippen MR) is 523 cm³/mol. The van der Waals surface area contributed by atoms with Crippen molar-refractivity contribution >= 4 is 65.9 Å². The lowest BCUT2D eigenvalue weighted by atomic mass is 9.79. The Morgan fingerprint density at radius 3 is 0.906 bits per heavy atom. The van der Waals surface area contributed by atoms with E-state index in [-0.39, 0.29) is 61.0 Å². The van der Waals surface area contributed by atoms with Crippen LogP contribution in [0.25, 0.3) is 86.8 Å². The third-order valence-corrected chi connectivity index (χ3v) is 28.5. The molecule has 0 spiro atoms. The van der Waals surface area contributed by atoms with Gasteiger partial charge in [-0.15, -0.1) is 40.8 Å². The number of nitrogens with one attached hydrogen (secondary N) is 6. The van der Waals surface area contributed by atoms with E-state index in [4.69, 9.17) is 18.9 Å². The van der Waals surface area contributed by atoms with Gasteiger partial charge in [-0.05, 0) is 268 Å². The summed E-state index contributed by atoms with van der Waals surface area (Å²) in [6.45, 7) is 36.2. The number of pyridine rings is 3. The van der Waals surface area contributed by atoms with Crippen molar-refractivity contribution in [2.45, 2.75) is 231 Å². The molecule has 0 radical (unpaired) electrons. The van der Waals surface area contributed by atoms with Gasteiger partial charge in [-0.25, -0.2) is 0 Å². The van der Waals surface area contributed by atoms with E-state index >= 15 is 0 Å². The topological polar surface area (TPSA) is 307 Å². The van der Waals surface area contributed by atoms with E-state index in [2.05, 4.69) is 242 Å². The van der Waals surface area contributed by atoms with Crippen molar-refractivity contribution in [3.63, 3.8) is 0 Å². The van der Waals surface area contributed by atoms with Crippen molar-refractivity contribution in [3.8, 4) is 110 Å². The lowest BCUT2D eigenvalue weighted by Gasteiger charge is -2.48. The number of methoxy groups -OCH3 is 4. The van der Waals surface area contributed by atoms with Crippen molar-refractivity contribution in [2.75, 3.05) is 76.2 Å². The number of hydrogen-bond donors (Lipinski definition) is 6. The second-order valence-electron chi connectivity index (χ2n) is 39.6. The zero-order valence-electron chi connectivity index (χ0n) is 78.9. The number of H-pyrrole nitrogens is 2. The number of nitrogens with zero attached hydrogens (tertiary/aromatic N) is 15. The van der Waals surface area contributed by atoms with Crippen LogP contribution >= 0.6 is 45.3 Å². The number of aromatic nitrogens is 13. The number of anilines is 4. The average molecular weight is 1820 g/mol. The highest BCUT2D eigenvalue weighted by Crippen LogP contribution is 2.46. The number of aromatic amines is 2. The van der Waals surface area contributed by atoms with Gasteiger partial charge in [0.2, 0.25) is 31.6 Å². The molecular formula is C96H127N21O7S4. The molecule has 0 amide bonds. The van der Waals surface area contributed by atoms with Crippen molar-refractivity contribution in [2.24, 2.45) is 14.1 Å². The van der Waals surface area contributed by atoms with Crippen LogP contribution in [-0.2, 0) is 14.1 Å². The first-order valence-corrected chi connectivity index (χ1v) is 46.7. The minimum atomic E-state index is -0.122. The van der Waals surface area contributed by atoms with Gasteiger partial charge in [0.1, 0.15) is 23.0 Å². The van der Waals surface area contributed by atoms with Gasteiger partial charge < -0.3 is 73.9 Å². The van der Waals surface area contributed by atoms with E-state index < -0.39 is 0 Å². The highest BCUT2D eigenvalue weighted by atomic mass is 32.1. The second-order valence-corrected chi connectivity index (χ2v) is 43.5. The summed E-state index contributed by atoms with van der Waals surface area (Å²) in [4.78, 5) is 46.9.